The van der Waals surface area contributed by atoms with E-state index in [1.165, 1.54) is 5.56 Å². The standard InChI is InChI=1S/C25H24N6O2/c1-17-5-3-4-6-21(17)22-11-12-23(28-27-22)30-13-15-31(16-14-30)25(32)20-9-7-19(8-10-20)24-26-18(2)33-29-24/h3-12H,13-16H2,1-2H3. The van der Waals surface area contributed by atoms with Gasteiger partial charge >= 0.3 is 0 Å². The molecule has 8 nitrogen and oxygen atoms in total. The number of piperazine rings is 1. The highest BCUT2D eigenvalue weighted by Crippen LogP contribution is 2.23. The fourth-order valence-electron chi connectivity index (χ4n) is 4.00. The minimum Gasteiger partial charge on any atom is -0.352 e. The summed E-state index contributed by atoms with van der Waals surface area (Å²) in [5.41, 5.74) is 4.60. The lowest BCUT2D eigenvalue weighted by atomic mass is 10.1. The van der Waals surface area contributed by atoms with Crippen LogP contribution in [0.4, 0.5) is 5.82 Å². The first-order chi connectivity index (χ1) is 16.1. The zero-order valence-electron chi connectivity index (χ0n) is 18.6. The van der Waals surface area contributed by atoms with Crippen LogP contribution in [-0.2, 0) is 0 Å². The minimum absolute atomic E-state index is 0.0199. The summed E-state index contributed by atoms with van der Waals surface area (Å²) in [5.74, 6) is 1.89. The number of amides is 1. The van der Waals surface area contributed by atoms with Gasteiger partial charge in [0.1, 0.15) is 0 Å². The van der Waals surface area contributed by atoms with Crippen molar-refractivity contribution >= 4 is 11.7 Å². The number of benzene rings is 2. The molecule has 2 aromatic heterocycles. The molecule has 0 saturated carbocycles. The molecule has 0 aliphatic carbocycles. The monoisotopic (exact) mass is 440 g/mol. The molecule has 33 heavy (non-hydrogen) atoms. The van der Waals surface area contributed by atoms with Crippen molar-refractivity contribution in [3.8, 4) is 22.6 Å². The van der Waals surface area contributed by atoms with E-state index in [9.17, 15) is 4.79 Å². The summed E-state index contributed by atoms with van der Waals surface area (Å²) < 4.78 is 5.02. The Morgan fingerprint density at radius 3 is 2.27 bits per heavy atom. The molecule has 1 aliphatic rings. The second kappa shape index (κ2) is 8.82. The van der Waals surface area contributed by atoms with Crippen molar-refractivity contribution in [1.29, 1.82) is 0 Å². The number of hydrogen-bond acceptors (Lipinski definition) is 7. The number of anilines is 1. The van der Waals surface area contributed by atoms with E-state index in [4.69, 9.17) is 4.52 Å². The van der Waals surface area contributed by atoms with Crippen molar-refractivity contribution in [3.05, 3.63) is 77.7 Å². The normalized spacial score (nSPS) is 13.9. The van der Waals surface area contributed by atoms with E-state index in [2.05, 4.69) is 44.3 Å². The van der Waals surface area contributed by atoms with E-state index < -0.39 is 0 Å². The van der Waals surface area contributed by atoms with Gasteiger partial charge in [0.25, 0.3) is 5.91 Å². The van der Waals surface area contributed by atoms with Crippen LogP contribution in [0.5, 0.6) is 0 Å². The van der Waals surface area contributed by atoms with Gasteiger partial charge in [-0.25, -0.2) is 0 Å². The molecule has 1 aliphatic heterocycles. The van der Waals surface area contributed by atoms with Gasteiger partial charge in [0.15, 0.2) is 5.82 Å². The van der Waals surface area contributed by atoms with Gasteiger partial charge in [0, 0.05) is 49.8 Å². The molecule has 0 unspecified atom stereocenters. The number of aromatic nitrogens is 4. The van der Waals surface area contributed by atoms with Gasteiger partial charge < -0.3 is 14.3 Å². The Hall–Kier alpha value is -4.07. The highest BCUT2D eigenvalue weighted by molar-refractivity contribution is 5.94. The molecule has 1 fully saturated rings. The first kappa shape index (κ1) is 20.8. The van der Waals surface area contributed by atoms with E-state index in [1.807, 2.05) is 53.4 Å². The Balaban J connectivity index is 1.21. The molecule has 2 aromatic carbocycles. The third kappa shape index (κ3) is 4.32. The zero-order valence-corrected chi connectivity index (χ0v) is 18.6. The molecule has 0 radical (unpaired) electrons. The van der Waals surface area contributed by atoms with E-state index in [0.29, 0.717) is 43.5 Å². The van der Waals surface area contributed by atoms with Gasteiger partial charge in [0.2, 0.25) is 11.7 Å². The molecule has 1 amide bonds. The first-order valence-electron chi connectivity index (χ1n) is 10.9. The van der Waals surface area contributed by atoms with Gasteiger partial charge in [-0.15, -0.1) is 10.2 Å². The van der Waals surface area contributed by atoms with Crippen LogP contribution in [-0.4, -0.2) is 57.3 Å². The molecule has 0 atom stereocenters. The summed E-state index contributed by atoms with van der Waals surface area (Å²) in [6.07, 6.45) is 0. The lowest BCUT2D eigenvalue weighted by molar-refractivity contribution is 0.0746. The lowest BCUT2D eigenvalue weighted by Gasteiger charge is -2.35. The molecule has 0 N–H and O–H groups in total. The van der Waals surface area contributed by atoms with Crippen molar-refractivity contribution in [2.24, 2.45) is 0 Å². The van der Waals surface area contributed by atoms with E-state index >= 15 is 0 Å². The summed E-state index contributed by atoms with van der Waals surface area (Å²) in [4.78, 5) is 21.2. The number of carbonyl (C=O) groups is 1. The molecular weight excluding hydrogens is 416 g/mol. The van der Waals surface area contributed by atoms with Crippen LogP contribution >= 0.6 is 0 Å². The molecule has 4 aromatic rings. The maximum absolute atomic E-state index is 13.0. The van der Waals surface area contributed by atoms with Crippen molar-refractivity contribution in [2.45, 2.75) is 13.8 Å². The van der Waals surface area contributed by atoms with Crippen LogP contribution in [0, 0.1) is 13.8 Å². The lowest BCUT2D eigenvalue weighted by Crippen LogP contribution is -2.49. The molecule has 1 saturated heterocycles. The molecule has 5 rings (SSSR count). The van der Waals surface area contributed by atoms with Crippen LogP contribution in [0.2, 0.25) is 0 Å². The predicted octanol–water partition coefficient (Wildman–Crippen LogP) is 3.77. The van der Waals surface area contributed by atoms with E-state index in [1.54, 1.807) is 6.92 Å². The Kier molecular flexibility index (Phi) is 5.56. The molecule has 0 bridgehead atoms. The molecule has 0 spiro atoms. The van der Waals surface area contributed by atoms with Gasteiger partial charge in [-0.2, -0.15) is 4.98 Å². The fraction of sp³-hybridized carbons (Fsp3) is 0.240. The van der Waals surface area contributed by atoms with Gasteiger partial charge in [-0.1, -0.05) is 41.6 Å². The molecule has 8 heteroatoms. The number of nitrogens with zero attached hydrogens (tertiary/aromatic N) is 6. The summed E-state index contributed by atoms with van der Waals surface area (Å²) in [7, 11) is 0. The second-order valence-electron chi connectivity index (χ2n) is 8.09. The van der Waals surface area contributed by atoms with Gasteiger partial charge in [-0.3, -0.25) is 4.79 Å². The average Bonchev–Trinajstić information content (AvgIpc) is 3.30. The van der Waals surface area contributed by atoms with Crippen LogP contribution in [0.3, 0.4) is 0 Å². The van der Waals surface area contributed by atoms with E-state index in [0.717, 1.165) is 22.6 Å². The predicted molar refractivity (Wildman–Crippen MR) is 125 cm³/mol. The van der Waals surface area contributed by atoms with Crippen molar-refractivity contribution in [2.75, 3.05) is 31.1 Å². The third-order valence-electron chi connectivity index (χ3n) is 5.88. The highest BCUT2D eigenvalue weighted by Gasteiger charge is 2.23. The number of carbonyl (C=O) groups excluding carboxylic acids is 1. The van der Waals surface area contributed by atoms with Crippen molar-refractivity contribution in [1.82, 2.24) is 25.2 Å². The van der Waals surface area contributed by atoms with Crippen molar-refractivity contribution < 1.29 is 9.32 Å². The minimum atomic E-state index is 0.0199. The molecule has 3 heterocycles. The zero-order chi connectivity index (χ0) is 22.8. The summed E-state index contributed by atoms with van der Waals surface area (Å²) in [6.45, 7) is 6.51. The number of rotatable bonds is 4. The first-order valence-corrected chi connectivity index (χ1v) is 10.9. The van der Waals surface area contributed by atoms with Gasteiger partial charge in [0.05, 0.1) is 5.69 Å². The van der Waals surface area contributed by atoms with Crippen LogP contribution < -0.4 is 4.90 Å². The van der Waals surface area contributed by atoms with Crippen LogP contribution in [0.15, 0.2) is 65.2 Å². The molecular formula is C25H24N6O2. The Morgan fingerprint density at radius 1 is 0.879 bits per heavy atom. The SMILES string of the molecule is Cc1nc(-c2ccc(C(=O)N3CCN(c4ccc(-c5ccccc5C)nn4)CC3)cc2)no1. The van der Waals surface area contributed by atoms with Crippen LogP contribution in [0.25, 0.3) is 22.6 Å². The highest BCUT2D eigenvalue weighted by atomic mass is 16.5. The van der Waals surface area contributed by atoms with Crippen molar-refractivity contribution in [3.63, 3.8) is 0 Å². The summed E-state index contributed by atoms with van der Waals surface area (Å²) in [5, 5.41) is 12.8. The van der Waals surface area contributed by atoms with Crippen LogP contribution in [0.1, 0.15) is 21.8 Å². The average molecular weight is 441 g/mol. The van der Waals surface area contributed by atoms with E-state index in [-0.39, 0.29) is 5.91 Å². The number of aryl methyl sites for hydroxylation is 2. The number of hydrogen-bond donors (Lipinski definition) is 0. The Morgan fingerprint density at radius 2 is 1.64 bits per heavy atom. The topological polar surface area (TPSA) is 88.3 Å². The molecule has 166 valence electrons. The summed E-state index contributed by atoms with van der Waals surface area (Å²) in [6, 6.07) is 19.5. The maximum atomic E-state index is 13.0. The maximum Gasteiger partial charge on any atom is 0.253 e. The third-order valence-corrected chi connectivity index (χ3v) is 5.88. The summed E-state index contributed by atoms with van der Waals surface area (Å²) >= 11 is 0. The quantitative estimate of drug-likeness (QED) is 0.477. The fourth-order valence-corrected chi connectivity index (χ4v) is 4.00. The Labute approximate surface area is 191 Å². The smallest absolute Gasteiger partial charge is 0.253 e. The largest absolute Gasteiger partial charge is 0.352 e. The second-order valence-corrected chi connectivity index (χ2v) is 8.09. The van der Waals surface area contributed by atoms with Gasteiger partial charge in [-0.05, 0) is 36.8 Å². The Bertz CT molecular complexity index is 1260.